The Morgan fingerprint density at radius 3 is 2.54 bits per heavy atom. The van der Waals surface area contributed by atoms with E-state index in [0.717, 1.165) is 21.4 Å². The SMILES string of the molecule is CCOC(=O)c1sc(CC(=O)/C(C#N)=C/c2cc(Br)ccc2OCc2ccccc2)c(C#N)c1C. The summed E-state index contributed by atoms with van der Waals surface area (Å²) in [4.78, 5) is 26.0. The average molecular weight is 549 g/mol. The van der Waals surface area contributed by atoms with Crippen molar-refractivity contribution in [1.82, 2.24) is 0 Å². The second-order valence-electron chi connectivity index (χ2n) is 7.41. The topological polar surface area (TPSA) is 100 Å². The van der Waals surface area contributed by atoms with Crippen LogP contribution in [0.1, 0.15) is 43.7 Å². The van der Waals surface area contributed by atoms with E-state index >= 15 is 0 Å². The van der Waals surface area contributed by atoms with Crippen molar-refractivity contribution in [2.75, 3.05) is 6.61 Å². The summed E-state index contributed by atoms with van der Waals surface area (Å²) in [6.45, 7) is 3.87. The summed E-state index contributed by atoms with van der Waals surface area (Å²) in [5.74, 6) is -0.475. The summed E-state index contributed by atoms with van der Waals surface area (Å²) in [5.41, 5.74) is 2.20. The van der Waals surface area contributed by atoms with E-state index in [4.69, 9.17) is 9.47 Å². The molecule has 2 aromatic carbocycles. The first-order valence-electron chi connectivity index (χ1n) is 10.7. The van der Waals surface area contributed by atoms with E-state index in [1.165, 1.54) is 6.08 Å². The molecule has 35 heavy (non-hydrogen) atoms. The van der Waals surface area contributed by atoms with Crippen molar-refractivity contribution in [3.63, 3.8) is 0 Å². The van der Waals surface area contributed by atoms with Gasteiger partial charge in [0, 0.05) is 21.3 Å². The number of thiophene rings is 1. The molecule has 0 N–H and O–H groups in total. The third-order valence-corrected chi connectivity index (χ3v) is 6.81. The largest absolute Gasteiger partial charge is 0.488 e. The smallest absolute Gasteiger partial charge is 0.348 e. The van der Waals surface area contributed by atoms with E-state index in [1.807, 2.05) is 42.5 Å². The summed E-state index contributed by atoms with van der Waals surface area (Å²) in [6, 6.07) is 19.0. The van der Waals surface area contributed by atoms with Gasteiger partial charge in [-0.15, -0.1) is 11.3 Å². The molecule has 0 saturated carbocycles. The third kappa shape index (κ3) is 6.45. The molecule has 3 rings (SSSR count). The molecule has 1 heterocycles. The molecule has 0 spiro atoms. The van der Waals surface area contributed by atoms with Gasteiger partial charge >= 0.3 is 5.97 Å². The molecule has 6 nitrogen and oxygen atoms in total. The number of benzene rings is 2. The first-order valence-corrected chi connectivity index (χ1v) is 12.3. The van der Waals surface area contributed by atoms with Crippen LogP contribution in [-0.2, 0) is 22.6 Å². The van der Waals surface area contributed by atoms with Crippen LogP contribution in [0.3, 0.4) is 0 Å². The summed E-state index contributed by atoms with van der Waals surface area (Å²) in [5, 5.41) is 19.3. The fourth-order valence-corrected chi connectivity index (χ4v) is 4.83. The van der Waals surface area contributed by atoms with Gasteiger partial charge in [0.05, 0.1) is 17.7 Å². The molecule has 0 unspecified atom stereocenters. The van der Waals surface area contributed by atoms with Crippen molar-refractivity contribution in [3.05, 3.63) is 90.6 Å². The van der Waals surface area contributed by atoms with Gasteiger partial charge in [-0.3, -0.25) is 4.79 Å². The molecule has 176 valence electrons. The predicted molar refractivity (Wildman–Crippen MR) is 137 cm³/mol. The highest BCUT2D eigenvalue weighted by Gasteiger charge is 2.23. The Morgan fingerprint density at radius 2 is 1.89 bits per heavy atom. The van der Waals surface area contributed by atoms with Gasteiger partial charge in [-0.1, -0.05) is 46.3 Å². The summed E-state index contributed by atoms with van der Waals surface area (Å²) < 4.78 is 11.8. The van der Waals surface area contributed by atoms with Crippen LogP contribution in [0.15, 0.2) is 58.6 Å². The van der Waals surface area contributed by atoms with Crippen molar-refractivity contribution in [3.8, 4) is 17.9 Å². The molecule has 0 radical (unpaired) electrons. The van der Waals surface area contributed by atoms with E-state index in [-0.39, 0.29) is 29.0 Å². The van der Waals surface area contributed by atoms with Crippen LogP contribution in [0.2, 0.25) is 0 Å². The number of ketones is 1. The maximum Gasteiger partial charge on any atom is 0.348 e. The second-order valence-corrected chi connectivity index (χ2v) is 9.43. The standard InChI is InChI=1S/C27H21BrN2O4S/c1-3-33-27(32)26-17(2)22(15-30)25(35-26)13-23(31)20(14-29)11-19-12-21(28)9-10-24(19)34-16-18-7-5-4-6-8-18/h4-12H,3,13,16H2,1-2H3/b20-11+. The van der Waals surface area contributed by atoms with E-state index < -0.39 is 11.8 Å². The van der Waals surface area contributed by atoms with E-state index in [1.54, 1.807) is 26.0 Å². The van der Waals surface area contributed by atoms with Crippen LogP contribution >= 0.6 is 27.3 Å². The molecule has 0 aliphatic heterocycles. The number of allylic oxidation sites excluding steroid dienone is 1. The summed E-state index contributed by atoms with van der Waals surface area (Å²) in [7, 11) is 0. The average Bonchev–Trinajstić information content (AvgIpc) is 3.17. The molecule has 0 aliphatic carbocycles. The van der Waals surface area contributed by atoms with Crippen LogP contribution in [-0.4, -0.2) is 18.4 Å². The number of esters is 1. The zero-order chi connectivity index (χ0) is 25.4. The molecular formula is C27H21BrN2O4S. The van der Waals surface area contributed by atoms with Crippen LogP contribution < -0.4 is 4.74 Å². The molecule has 0 bridgehead atoms. The lowest BCUT2D eigenvalue weighted by molar-refractivity contribution is -0.114. The highest BCUT2D eigenvalue weighted by atomic mass is 79.9. The zero-order valence-electron chi connectivity index (χ0n) is 19.1. The molecule has 1 aromatic heterocycles. The molecular weight excluding hydrogens is 528 g/mol. The van der Waals surface area contributed by atoms with E-state index in [2.05, 4.69) is 22.0 Å². The normalized spacial score (nSPS) is 10.8. The molecule has 8 heteroatoms. The van der Waals surface area contributed by atoms with E-state index in [0.29, 0.717) is 28.4 Å². The number of halogens is 1. The van der Waals surface area contributed by atoms with Crippen molar-refractivity contribution in [2.45, 2.75) is 26.9 Å². The summed E-state index contributed by atoms with van der Waals surface area (Å²) >= 11 is 4.47. The highest BCUT2D eigenvalue weighted by molar-refractivity contribution is 9.10. The number of ether oxygens (including phenoxy) is 2. The minimum atomic E-state index is -0.532. The first kappa shape index (κ1) is 25.9. The van der Waals surface area contributed by atoms with Gasteiger partial charge in [-0.25, -0.2) is 4.79 Å². The van der Waals surface area contributed by atoms with Gasteiger partial charge in [-0.2, -0.15) is 10.5 Å². The number of nitriles is 2. The van der Waals surface area contributed by atoms with E-state index in [9.17, 15) is 20.1 Å². The third-order valence-electron chi connectivity index (χ3n) is 5.04. The fraction of sp³-hybridized carbons (Fsp3) is 0.185. The van der Waals surface area contributed by atoms with Gasteiger partial charge in [-0.05, 0) is 49.2 Å². The number of nitrogens with zero attached hydrogens (tertiary/aromatic N) is 2. The monoisotopic (exact) mass is 548 g/mol. The minimum absolute atomic E-state index is 0.0831. The number of hydrogen-bond acceptors (Lipinski definition) is 7. The maximum atomic E-state index is 13.0. The zero-order valence-corrected chi connectivity index (χ0v) is 21.5. The maximum absolute atomic E-state index is 13.0. The van der Waals surface area contributed by atoms with Crippen LogP contribution in [0.4, 0.5) is 0 Å². The minimum Gasteiger partial charge on any atom is -0.488 e. The lowest BCUT2D eigenvalue weighted by Gasteiger charge is -2.10. The number of Topliss-reactive ketones (excluding diaryl/α,β-unsaturated/α-hetero) is 1. The molecule has 0 saturated heterocycles. The number of rotatable bonds is 9. The first-order chi connectivity index (χ1) is 16.9. The number of carbonyl (C=O) groups is 2. The van der Waals surface area contributed by atoms with Crippen LogP contribution in [0.25, 0.3) is 6.08 Å². The fourth-order valence-electron chi connectivity index (χ4n) is 3.31. The number of hydrogen-bond donors (Lipinski definition) is 0. The van der Waals surface area contributed by atoms with Crippen molar-refractivity contribution >= 4 is 45.1 Å². The number of carbonyl (C=O) groups excluding carboxylic acids is 2. The van der Waals surface area contributed by atoms with Gasteiger partial charge in [0.25, 0.3) is 0 Å². The predicted octanol–water partition coefficient (Wildman–Crippen LogP) is 6.17. The molecule has 0 aliphatic rings. The Bertz CT molecular complexity index is 1360. The van der Waals surface area contributed by atoms with Gasteiger partial charge in [0.15, 0.2) is 5.78 Å². The molecule has 0 fully saturated rings. The lowest BCUT2D eigenvalue weighted by Crippen LogP contribution is -2.05. The lowest BCUT2D eigenvalue weighted by atomic mass is 10.0. The Balaban J connectivity index is 1.88. The van der Waals surface area contributed by atoms with Crippen molar-refractivity contribution in [1.29, 1.82) is 10.5 Å². The quantitative estimate of drug-likeness (QED) is 0.180. The Morgan fingerprint density at radius 1 is 1.14 bits per heavy atom. The Labute approximate surface area is 216 Å². The van der Waals surface area contributed by atoms with Gasteiger partial charge < -0.3 is 9.47 Å². The molecule has 3 aromatic rings. The Hall–Kier alpha value is -3.72. The van der Waals surface area contributed by atoms with Crippen molar-refractivity contribution < 1.29 is 19.1 Å². The van der Waals surface area contributed by atoms with Gasteiger partial charge in [0.1, 0.15) is 29.4 Å². The van der Waals surface area contributed by atoms with Crippen LogP contribution in [0.5, 0.6) is 5.75 Å². The second kappa shape index (κ2) is 12.1. The highest BCUT2D eigenvalue weighted by Crippen LogP contribution is 2.31. The summed E-state index contributed by atoms with van der Waals surface area (Å²) in [6.07, 6.45) is 1.30. The molecule has 0 amide bonds. The van der Waals surface area contributed by atoms with Gasteiger partial charge in [0.2, 0.25) is 0 Å². The van der Waals surface area contributed by atoms with Crippen molar-refractivity contribution in [2.24, 2.45) is 0 Å². The van der Waals surface area contributed by atoms with Crippen LogP contribution in [0, 0.1) is 29.6 Å². The Kier molecular flexibility index (Phi) is 8.97. The molecule has 0 atom stereocenters.